The van der Waals surface area contributed by atoms with Gasteiger partial charge in [0, 0.05) is 26.0 Å². The van der Waals surface area contributed by atoms with Crippen molar-refractivity contribution < 1.29 is 14.3 Å². The third-order valence-electron chi connectivity index (χ3n) is 4.22. The Hall–Kier alpha value is -2.61. The molecule has 3 rings (SSSR count). The Labute approximate surface area is 140 Å². The quantitative estimate of drug-likeness (QED) is 0.870. The van der Waals surface area contributed by atoms with Crippen molar-refractivity contribution in [3.05, 3.63) is 36.2 Å². The molecule has 8 nitrogen and oxygen atoms in total. The van der Waals surface area contributed by atoms with Crippen molar-refractivity contribution >= 4 is 11.7 Å². The van der Waals surface area contributed by atoms with Crippen LogP contribution in [-0.2, 0) is 11.3 Å². The highest BCUT2D eigenvalue weighted by Crippen LogP contribution is 2.26. The number of ether oxygens (including phenoxy) is 2. The maximum Gasteiger partial charge on any atom is 0.259 e. The minimum Gasteiger partial charge on any atom is -0.480 e. The number of likely N-dealkylation sites (tertiary alicyclic amines) is 1. The summed E-state index contributed by atoms with van der Waals surface area (Å²) in [5.41, 5.74) is 6.11. The van der Waals surface area contributed by atoms with E-state index in [2.05, 4.69) is 10.1 Å². The summed E-state index contributed by atoms with van der Waals surface area (Å²) in [7, 11) is 3.16. The monoisotopic (exact) mass is 331 g/mol. The van der Waals surface area contributed by atoms with Crippen LogP contribution in [0.3, 0.4) is 0 Å². The van der Waals surface area contributed by atoms with Crippen LogP contribution in [0, 0.1) is 0 Å². The average Bonchev–Trinajstić information content (AvgIpc) is 3.20. The fourth-order valence-electron chi connectivity index (χ4n) is 3.03. The zero-order chi connectivity index (χ0) is 17.1. The first-order chi connectivity index (χ1) is 11.6. The van der Waals surface area contributed by atoms with E-state index in [-0.39, 0.29) is 18.1 Å². The molecule has 1 aliphatic heterocycles. The van der Waals surface area contributed by atoms with Crippen LogP contribution in [0.1, 0.15) is 16.8 Å². The number of methoxy groups -OCH3 is 2. The number of pyridine rings is 1. The van der Waals surface area contributed by atoms with Gasteiger partial charge in [-0.2, -0.15) is 5.10 Å². The predicted octanol–water partition coefficient (Wildman–Crippen LogP) is 0.799. The lowest BCUT2D eigenvalue weighted by Crippen LogP contribution is -2.38. The third-order valence-corrected chi connectivity index (χ3v) is 4.22. The van der Waals surface area contributed by atoms with E-state index in [9.17, 15) is 4.79 Å². The molecule has 0 saturated carbocycles. The maximum atomic E-state index is 13.0. The summed E-state index contributed by atoms with van der Waals surface area (Å²) in [5, 5.41) is 4.20. The molecule has 0 aromatic carbocycles. The summed E-state index contributed by atoms with van der Waals surface area (Å²) < 4.78 is 12.4. The molecular weight excluding hydrogens is 310 g/mol. The highest BCUT2D eigenvalue weighted by atomic mass is 16.5. The number of carbonyl (C=O) groups is 1. The van der Waals surface area contributed by atoms with Gasteiger partial charge in [0.15, 0.2) is 0 Å². The number of hydrogen-bond acceptors (Lipinski definition) is 6. The van der Waals surface area contributed by atoms with Gasteiger partial charge in [-0.1, -0.05) is 0 Å². The molecule has 2 aromatic heterocycles. The molecule has 0 unspecified atom stereocenters. The van der Waals surface area contributed by atoms with Crippen LogP contribution in [0.5, 0.6) is 5.88 Å². The number of nitrogens with two attached hydrogens (primary N) is 1. The number of rotatable bonds is 5. The molecule has 128 valence electrons. The lowest BCUT2D eigenvalue weighted by atomic mass is 10.2. The van der Waals surface area contributed by atoms with Crippen LogP contribution in [0.15, 0.2) is 30.6 Å². The molecule has 1 amide bonds. The molecule has 0 spiro atoms. The molecule has 0 aliphatic carbocycles. The first kappa shape index (κ1) is 16.3. The van der Waals surface area contributed by atoms with E-state index in [0.29, 0.717) is 30.4 Å². The van der Waals surface area contributed by atoms with Gasteiger partial charge >= 0.3 is 0 Å². The maximum absolute atomic E-state index is 13.0. The summed E-state index contributed by atoms with van der Waals surface area (Å²) in [5.74, 6) is 0.665. The summed E-state index contributed by atoms with van der Waals surface area (Å²) in [4.78, 5) is 18.9. The highest BCUT2D eigenvalue weighted by molar-refractivity contribution is 5.96. The van der Waals surface area contributed by atoms with E-state index in [1.165, 1.54) is 7.11 Å². The van der Waals surface area contributed by atoms with E-state index < -0.39 is 0 Å². The van der Waals surface area contributed by atoms with E-state index in [1.807, 2.05) is 6.20 Å². The van der Waals surface area contributed by atoms with E-state index in [0.717, 1.165) is 6.42 Å². The van der Waals surface area contributed by atoms with Crippen LogP contribution in [0.2, 0.25) is 0 Å². The van der Waals surface area contributed by atoms with Crippen molar-refractivity contribution in [3.63, 3.8) is 0 Å². The smallest absolute Gasteiger partial charge is 0.259 e. The minimum absolute atomic E-state index is 0.00507. The van der Waals surface area contributed by atoms with Crippen LogP contribution < -0.4 is 10.5 Å². The van der Waals surface area contributed by atoms with Crippen LogP contribution in [-0.4, -0.2) is 58.5 Å². The Bertz CT molecular complexity index is 717. The Balaban J connectivity index is 1.83. The van der Waals surface area contributed by atoms with Crippen molar-refractivity contribution in [2.75, 3.05) is 26.5 Å². The zero-order valence-corrected chi connectivity index (χ0v) is 13.8. The van der Waals surface area contributed by atoms with E-state index in [4.69, 9.17) is 15.2 Å². The largest absolute Gasteiger partial charge is 0.480 e. The molecule has 24 heavy (non-hydrogen) atoms. The van der Waals surface area contributed by atoms with Gasteiger partial charge in [-0.3, -0.25) is 9.48 Å². The molecule has 2 aromatic rings. The van der Waals surface area contributed by atoms with E-state index in [1.54, 1.807) is 41.1 Å². The van der Waals surface area contributed by atoms with Gasteiger partial charge in [-0.15, -0.1) is 0 Å². The molecule has 1 saturated heterocycles. The Morgan fingerprint density at radius 3 is 2.92 bits per heavy atom. The molecule has 8 heteroatoms. The van der Waals surface area contributed by atoms with Gasteiger partial charge in [0.2, 0.25) is 5.88 Å². The normalized spacial score (nSPS) is 20.3. The third kappa shape index (κ3) is 3.18. The van der Waals surface area contributed by atoms with Gasteiger partial charge in [0.05, 0.1) is 25.8 Å². The number of carbonyl (C=O) groups excluding carboxylic acids is 1. The second-order valence-corrected chi connectivity index (χ2v) is 5.73. The zero-order valence-electron chi connectivity index (χ0n) is 13.8. The van der Waals surface area contributed by atoms with Crippen molar-refractivity contribution in [2.24, 2.45) is 0 Å². The Morgan fingerprint density at radius 1 is 1.42 bits per heavy atom. The lowest BCUT2D eigenvalue weighted by Gasteiger charge is -2.24. The fourth-order valence-corrected chi connectivity index (χ4v) is 3.03. The standard InChI is InChI=1S/C16H21N5O3/c1-23-12-8-11(9-20-7-5-14(17)19-20)21(10-12)16(22)13-4-3-6-18-15(13)24-2/h3-7,11-12H,8-10H2,1-2H3,(H2,17,19)/t11-,12-/m0/s1. The van der Waals surface area contributed by atoms with Crippen LogP contribution in [0.25, 0.3) is 0 Å². The number of nitrogens with zero attached hydrogens (tertiary/aromatic N) is 4. The second-order valence-electron chi connectivity index (χ2n) is 5.73. The number of nitrogen functional groups attached to an aromatic ring is 1. The fraction of sp³-hybridized carbons (Fsp3) is 0.438. The molecule has 2 N–H and O–H groups in total. The van der Waals surface area contributed by atoms with Crippen molar-refractivity contribution in [2.45, 2.75) is 25.1 Å². The molecule has 0 bridgehead atoms. The van der Waals surface area contributed by atoms with Crippen molar-refractivity contribution in [1.82, 2.24) is 19.7 Å². The van der Waals surface area contributed by atoms with Gasteiger partial charge in [0.1, 0.15) is 11.4 Å². The molecule has 3 heterocycles. The van der Waals surface area contributed by atoms with Crippen molar-refractivity contribution in [1.29, 1.82) is 0 Å². The summed E-state index contributed by atoms with van der Waals surface area (Å²) >= 11 is 0. The first-order valence-electron chi connectivity index (χ1n) is 7.74. The summed E-state index contributed by atoms with van der Waals surface area (Å²) in [6, 6.07) is 5.14. The van der Waals surface area contributed by atoms with Crippen LogP contribution in [0.4, 0.5) is 5.82 Å². The molecular formula is C16H21N5O3. The van der Waals surface area contributed by atoms with E-state index >= 15 is 0 Å². The number of amides is 1. The van der Waals surface area contributed by atoms with Gasteiger partial charge in [-0.05, 0) is 24.6 Å². The molecule has 2 atom stereocenters. The van der Waals surface area contributed by atoms with Crippen molar-refractivity contribution in [3.8, 4) is 5.88 Å². The summed E-state index contributed by atoms with van der Waals surface area (Å²) in [6.07, 6.45) is 4.14. The molecule has 0 radical (unpaired) electrons. The Morgan fingerprint density at radius 2 is 2.25 bits per heavy atom. The van der Waals surface area contributed by atoms with Gasteiger partial charge in [0.25, 0.3) is 5.91 Å². The van der Waals surface area contributed by atoms with Gasteiger partial charge in [-0.25, -0.2) is 4.98 Å². The van der Waals surface area contributed by atoms with Gasteiger partial charge < -0.3 is 20.1 Å². The average molecular weight is 331 g/mol. The second kappa shape index (κ2) is 6.88. The Kier molecular flexibility index (Phi) is 4.66. The predicted molar refractivity (Wildman–Crippen MR) is 87.7 cm³/mol. The number of hydrogen-bond donors (Lipinski definition) is 1. The summed E-state index contributed by atoms with van der Waals surface area (Å²) in [6.45, 7) is 1.08. The minimum atomic E-state index is -0.121. The molecule has 1 fully saturated rings. The SMILES string of the molecule is COc1ncccc1C(=O)N1C[C@@H](OC)C[C@H]1Cn1ccc(N)n1. The lowest BCUT2D eigenvalue weighted by molar-refractivity contribution is 0.0675. The first-order valence-corrected chi connectivity index (χ1v) is 7.74. The topological polar surface area (TPSA) is 95.5 Å². The number of aromatic nitrogens is 3. The number of anilines is 1. The molecule has 1 aliphatic rings. The highest BCUT2D eigenvalue weighted by Gasteiger charge is 2.37. The van der Waals surface area contributed by atoms with Crippen LogP contribution >= 0.6 is 0 Å².